The Morgan fingerprint density at radius 2 is 2.26 bits per heavy atom. The Bertz CT molecular complexity index is 557. The fourth-order valence-corrected chi connectivity index (χ4v) is 1.13. The Morgan fingerprint density at radius 3 is 2.89 bits per heavy atom. The van der Waals surface area contributed by atoms with E-state index in [2.05, 4.69) is 22.1 Å². The summed E-state index contributed by atoms with van der Waals surface area (Å²) in [6, 6.07) is 5.19. The minimum absolute atomic E-state index is 0.160. The number of nitrogens with one attached hydrogen (secondary N) is 1. The minimum atomic E-state index is -0.528. The van der Waals surface area contributed by atoms with E-state index in [0.717, 1.165) is 0 Å². The monoisotopic (exact) mass is 257 g/mol. The van der Waals surface area contributed by atoms with Crippen LogP contribution in [0.25, 0.3) is 0 Å². The van der Waals surface area contributed by atoms with Crippen LogP contribution in [0, 0.1) is 23.2 Å². The first kappa shape index (κ1) is 14.5. The molecule has 98 valence electrons. The molecule has 1 rings (SSSR count). The third-order valence-corrected chi connectivity index (χ3v) is 1.83. The molecule has 0 atom stereocenters. The van der Waals surface area contributed by atoms with Crippen LogP contribution in [0.5, 0.6) is 0 Å². The van der Waals surface area contributed by atoms with Gasteiger partial charge < -0.3 is 10.1 Å². The molecule has 19 heavy (non-hydrogen) atoms. The molecule has 0 aliphatic rings. The van der Waals surface area contributed by atoms with E-state index < -0.39 is 11.7 Å². The largest absolute Gasteiger partial charge is 0.444 e. The van der Waals surface area contributed by atoms with E-state index in [1.807, 2.05) is 6.07 Å². The van der Waals surface area contributed by atoms with Gasteiger partial charge >= 0.3 is 6.09 Å². The van der Waals surface area contributed by atoms with Crippen molar-refractivity contribution in [1.82, 2.24) is 10.3 Å². The molecule has 1 N–H and O–H groups in total. The van der Waals surface area contributed by atoms with Crippen LogP contribution in [0.4, 0.5) is 4.79 Å². The Hall–Kier alpha value is -2.53. The topological polar surface area (TPSA) is 75.0 Å². The molecule has 0 fully saturated rings. The van der Waals surface area contributed by atoms with Crippen LogP contribution in [-0.2, 0) is 4.74 Å². The lowest BCUT2D eigenvalue weighted by atomic mass is 10.2. The summed E-state index contributed by atoms with van der Waals surface area (Å²) in [5, 5.41) is 11.2. The average Bonchev–Trinajstić information content (AvgIpc) is 2.33. The van der Waals surface area contributed by atoms with Crippen molar-refractivity contribution < 1.29 is 9.53 Å². The molecule has 0 aliphatic carbocycles. The summed E-state index contributed by atoms with van der Waals surface area (Å²) < 4.78 is 5.05. The van der Waals surface area contributed by atoms with Crippen molar-refractivity contribution in [3.8, 4) is 17.9 Å². The van der Waals surface area contributed by atoms with Crippen LogP contribution >= 0.6 is 0 Å². The van der Waals surface area contributed by atoms with E-state index in [4.69, 9.17) is 10.00 Å². The Labute approximate surface area is 112 Å². The zero-order valence-corrected chi connectivity index (χ0v) is 11.2. The predicted molar refractivity (Wildman–Crippen MR) is 70.1 cm³/mol. The van der Waals surface area contributed by atoms with Crippen LogP contribution in [0.2, 0.25) is 0 Å². The van der Waals surface area contributed by atoms with Gasteiger partial charge in [-0.1, -0.05) is 5.92 Å². The lowest BCUT2D eigenvalue weighted by Gasteiger charge is -2.18. The molecule has 0 aromatic carbocycles. The maximum absolute atomic E-state index is 11.3. The number of aromatic nitrogens is 1. The van der Waals surface area contributed by atoms with E-state index in [1.165, 1.54) is 6.20 Å². The second kappa shape index (κ2) is 6.42. The molecule has 5 heteroatoms. The normalized spacial score (nSPS) is 9.79. The van der Waals surface area contributed by atoms with E-state index in [1.54, 1.807) is 32.9 Å². The molecule has 1 aromatic rings. The van der Waals surface area contributed by atoms with Gasteiger partial charge in [-0.2, -0.15) is 5.26 Å². The molecule has 0 bridgehead atoms. The van der Waals surface area contributed by atoms with Gasteiger partial charge in [-0.15, -0.1) is 0 Å². The van der Waals surface area contributed by atoms with Crippen LogP contribution in [0.1, 0.15) is 32.0 Å². The average molecular weight is 257 g/mol. The molecule has 1 heterocycles. The third-order valence-electron chi connectivity index (χ3n) is 1.83. The van der Waals surface area contributed by atoms with Gasteiger partial charge in [-0.05, 0) is 38.8 Å². The molecule has 1 amide bonds. The first-order valence-corrected chi connectivity index (χ1v) is 5.72. The van der Waals surface area contributed by atoms with Gasteiger partial charge in [0, 0.05) is 6.20 Å². The maximum atomic E-state index is 11.3. The summed E-state index contributed by atoms with van der Waals surface area (Å²) in [5.41, 5.74) is 0.463. The van der Waals surface area contributed by atoms with Crippen LogP contribution in [0.15, 0.2) is 18.3 Å². The molecule has 0 spiro atoms. The quantitative estimate of drug-likeness (QED) is 0.779. The van der Waals surface area contributed by atoms with Crippen molar-refractivity contribution >= 4 is 6.09 Å². The number of amides is 1. The van der Waals surface area contributed by atoms with Gasteiger partial charge in [0.25, 0.3) is 0 Å². The maximum Gasteiger partial charge on any atom is 0.408 e. The van der Waals surface area contributed by atoms with Crippen molar-refractivity contribution in [2.75, 3.05) is 6.54 Å². The molecule has 0 unspecified atom stereocenters. The summed E-state index contributed by atoms with van der Waals surface area (Å²) >= 11 is 0. The van der Waals surface area contributed by atoms with Gasteiger partial charge in [0.05, 0.1) is 18.2 Å². The zero-order valence-electron chi connectivity index (χ0n) is 11.2. The molecular weight excluding hydrogens is 242 g/mol. The van der Waals surface area contributed by atoms with Gasteiger partial charge in [0.15, 0.2) is 0 Å². The highest BCUT2D eigenvalue weighted by molar-refractivity contribution is 5.68. The van der Waals surface area contributed by atoms with Crippen molar-refractivity contribution in [3.05, 3.63) is 29.6 Å². The fourth-order valence-electron chi connectivity index (χ4n) is 1.13. The van der Waals surface area contributed by atoms with Crippen molar-refractivity contribution in [2.24, 2.45) is 0 Å². The third kappa shape index (κ3) is 6.09. The number of nitrogens with zero attached hydrogens (tertiary/aromatic N) is 2. The van der Waals surface area contributed by atoms with E-state index in [-0.39, 0.29) is 6.54 Å². The smallest absolute Gasteiger partial charge is 0.408 e. The fraction of sp³-hybridized carbons (Fsp3) is 0.357. The van der Waals surface area contributed by atoms with E-state index in [0.29, 0.717) is 11.3 Å². The number of hydrogen-bond donors (Lipinski definition) is 1. The lowest BCUT2D eigenvalue weighted by molar-refractivity contribution is 0.0535. The predicted octanol–water partition coefficient (Wildman–Crippen LogP) is 1.83. The molecule has 5 nitrogen and oxygen atoms in total. The first-order valence-electron chi connectivity index (χ1n) is 5.72. The number of nitriles is 1. The first-order chi connectivity index (χ1) is 8.90. The van der Waals surface area contributed by atoms with Gasteiger partial charge in [0.1, 0.15) is 11.3 Å². The Morgan fingerprint density at radius 1 is 1.53 bits per heavy atom. The Kier molecular flexibility index (Phi) is 4.91. The van der Waals surface area contributed by atoms with Crippen LogP contribution < -0.4 is 5.32 Å². The minimum Gasteiger partial charge on any atom is -0.444 e. The Balaban J connectivity index is 2.48. The number of pyridine rings is 1. The molecule has 0 saturated carbocycles. The summed E-state index contributed by atoms with van der Waals surface area (Å²) in [5.74, 6) is 5.49. The molecule has 0 saturated heterocycles. The SMILES string of the molecule is CC(C)(C)OC(=O)NCC#Cc1cc(C#N)ccn1. The van der Waals surface area contributed by atoms with Crippen LogP contribution in [0.3, 0.4) is 0 Å². The lowest BCUT2D eigenvalue weighted by Crippen LogP contribution is -2.32. The summed E-state index contributed by atoms with van der Waals surface area (Å²) in [7, 11) is 0. The summed E-state index contributed by atoms with van der Waals surface area (Å²) in [4.78, 5) is 15.3. The van der Waals surface area contributed by atoms with E-state index in [9.17, 15) is 4.79 Å². The molecule has 0 aliphatic heterocycles. The van der Waals surface area contributed by atoms with E-state index >= 15 is 0 Å². The summed E-state index contributed by atoms with van der Waals surface area (Å²) in [6.45, 7) is 5.52. The molecular formula is C14H15N3O2. The second-order valence-electron chi connectivity index (χ2n) is 4.70. The van der Waals surface area contributed by atoms with Crippen LogP contribution in [-0.4, -0.2) is 23.2 Å². The van der Waals surface area contributed by atoms with Crippen molar-refractivity contribution in [3.63, 3.8) is 0 Å². The number of alkyl carbamates (subject to hydrolysis) is 1. The van der Waals surface area contributed by atoms with Crippen molar-refractivity contribution in [2.45, 2.75) is 26.4 Å². The highest BCUT2D eigenvalue weighted by Crippen LogP contribution is 2.06. The van der Waals surface area contributed by atoms with Gasteiger partial charge in [0.2, 0.25) is 0 Å². The van der Waals surface area contributed by atoms with Gasteiger partial charge in [-0.3, -0.25) is 0 Å². The number of ether oxygens (including phenoxy) is 1. The standard InChI is InChI=1S/C14H15N3O2/c1-14(2,3)19-13(18)17-7-4-5-12-9-11(10-15)6-8-16-12/h6,8-9H,7H2,1-3H3,(H,17,18). The highest BCUT2D eigenvalue weighted by Gasteiger charge is 2.14. The molecule has 0 radical (unpaired) electrons. The number of hydrogen-bond acceptors (Lipinski definition) is 4. The molecule has 1 aromatic heterocycles. The van der Waals surface area contributed by atoms with Crippen molar-refractivity contribution in [1.29, 1.82) is 5.26 Å². The summed E-state index contributed by atoms with van der Waals surface area (Å²) in [6.07, 6.45) is 1.00. The highest BCUT2D eigenvalue weighted by atomic mass is 16.6. The van der Waals surface area contributed by atoms with Gasteiger partial charge in [-0.25, -0.2) is 9.78 Å². The second-order valence-corrected chi connectivity index (χ2v) is 4.70. The zero-order chi connectivity index (χ0) is 14.3. The number of rotatable bonds is 1. The number of carbonyl (C=O) groups excluding carboxylic acids is 1. The number of carbonyl (C=O) groups is 1.